The summed E-state index contributed by atoms with van der Waals surface area (Å²) in [5.41, 5.74) is 5.08. The molecular weight excluding hydrogens is 443 g/mol. The highest BCUT2D eigenvalue weighted by Crippen LogP contribution is 2.28. The molecule has 1 aliphatic rings. The van der Waals surface area contributed by atoms with E-state index in [-0.39, 0.29) is 0 Å². The zero-order valence-corrected chi connectivity index (χ0v) is 18.5. The Hall–Kier alpha value is -2.72. The van der Waals surface area contributed by atoms with Crippen molar-refractivity contribution in [2.24, 2.45) is 0 Å². The van der Waals surface area contributed by atoms with Gasteiger partial charge in [-0.25, -0.2) is 4.79 Å². The van der Waals surface area contributed by atoms with Gasteiger partial charge in [0.05, 0.1) is 12.2 Å². The highest BCUT2D eigenvalue weighted by atomic mass is 32.2. The maximum Gasteiger partial charge on any atom is 0.490 e. The number of aryl methyl sites for hydroxylation is 2. The van der Waals surface area contributed by atoms with Gasteiger partial charge in [0.25, 0.3) is 0 Å². The van der Waals surface area contributed by atoms with Gasteiger partial charge in [-0.3, -0.25) is 10.00 Å². The number of halogens is 3. The molecule has 172 valence electrons. The smallest absolute Gasteiger partial charge is 0.475 e. The number of rotatable bonds is 5. The van der Waals surface area contributed by atoms with E-state index in [2.05, 4.69) is 58.4 Å². The molecule has 0 bridgehead atoms. The lowest BCUT2D eigenvalue weighted by atomic mass is 10.1. The lowest BCUT2D eigenvalue weighted by Gasteiger charge is -2.26. The Morgan fingerprint density at radius 3 is 2.56 bits per heavy atom. The Labute approximate surface area is 187 Å². The van der Waals surface area contributed by atoms with Crippen molar-refractivity contribution in [2.45, 2.75) is 50.2 Å². The highest BCUT2D eigenvalue weighted by molar-refractivity contribution is 7.98. The van der Waals surface area contributed by atoms with E-state index in [1.165, 1.54) is 27.4 Å². The van der Waals surface area contributed by atoms with Crippen molar-refractivity contribution in [3.8, 4) is 0 Å². The van der Waals surface area contributed by atoms with Crippen molar-refractivity contribution in [3.05, 3.63) is 70.4 Å². The van der Waals surface area contributed by atoms with Crippen molar-refractivity contribution in [1.29, 1.82) is 0 Å². The van der Waals surface area contributed by atoms with E-state index in [1.54, 1.807) is 0 Å². The minimum atomic E-state index is -5.08. The van der Waals surface area contributed by atoms with Gasteiger partial charge in [0.15, 0.2) is 0 Å². The van der Waals surface area contributed by atoms with E-state index in [0.29, 0.717) is 0 Å². The first-order chi connectivity index (χ1) is 15.1. The molecule has 0 atom stereocenters. The third kappa shape index (κ3) is 6.39. The van der Waals surface area contributed by atoms with E-state index in [9.17, 15) is 13.2 Å². The maximum absolute atomic E-state index is 10.6. The number of carboxylic acids is 1. The number of furan rings is 1. The number of benzene rings is 1. The van der Waals surface area contributed by atoms with Crippen LogP contribution in [0.25, 0.3) is 0 Å². The summed E-state index contributed by atoms with van der Waals surface area (Å²) in [6.07, 6.45) is -4.06. The Morgan fingerprint density at radius 2 is 1.97 bits per heavy atom. The third-order valence-corrected chi connectivity index (χ3v) is 6.08. The molecule has 0 amide bonds. The largest absolute Gasteiger partial charge is 0.490 e. The van der Waals surface area contributed by atoms with Crippen LogP contribution in [0.3, 0.4) is 0 Å². The molecule has 2 N–H and O–H groups in total. The number of aromatic nitrogens is 2. The SMILES string of the molecule is Cc1cc(CN2CCc3[nH]nc(CSc4ccccc4)c3C2)oc1C.O=C(O)C(F)(F)F. The van der Waals surface area contributed by atoms with Gasteiger partial charge in [0, 0.05) is 41.4 Å². The van der Waals surface area contributed by atoms with Crippen LogP contribution in [-0.2, 0) is 30.1 Å². The van der Waals surface area contributed by atoms with Gasteiger partial charge in [-0.2, -0.15) is 18.3 Å². The van der Waals surface area contributed by atoms with E-state index in [1.807, 2.05) is 18.7 Å². The van der Waals surface area contributed by atoms with Crippen LogP contribution in [-0.4, -0.2) is 38.9 Å². The summed E-state index contributed by atoms with van der Waals surface area (Å²) in [5.74, 6) is 0.230. The minimum Gasteiger partial charge on any atom is -0.475 e. The van der Waals surface area contributed by atoms with Crippen LogP contribution in [0.15, 0.2) is 45.7 Å². The number of aliphatic carboxylic acids is 1. The normalized spacial score (nSPS) is 13.9. The molecule has 0 aliphatic carbocycles. The van der Waals surface area contributed by atoms with Gasteiger partial charge in [-0.05, 0) is 37.6 Å². The van der Waals surface area contributed by atoms with Crippen LogP contribution in [0.1, 0.15) is 34.0 Å². The third-order valence-electron chi connectivity index (χ3n) is 5.06. The predicted octanol–water partition coefficient (Wildman–Crippen LogP) is 5.10. The lowest BCUT2D eigenvalue weighted by molar-refractivity contribution is -0.192. The predicted molar refractivity (Wildman–Crippen MR) is 114 cm³/mol. The maximum atomic E-state index is 10.6. The monoisotopic (exact) mass is 467 g/mol. The quantitative estimate of drug-likeness (QED) is 0.508. The number of aromatic amines is 1. The van der Waals surface area contributed by atoms with Crippen LogP contribution >= 0.6 is 11.8 Å². The topological polar surface area (TPSA) is 82.4 Å². The Morgan fingerprint density at radius 1 is 1.28 bits per heavy atom. The molecule has 0 unspecified atom stereocenters. The number of alkyl halides is 3. The van der Waals surface area contributed by atoms with E-state index in [4.69, 9.17) is 14.3 Å². The molecule has 2 aromatic heterocycles. The van der Waals surface area contributed by atoms with E-state index in [0.717, 1.165) is 43.3 Å². The second-order valence-corrected chi connectivity index (χ2v) is 8.49. The highest BCUT2D eigenvalue weighted by Gasteiger charge is 2.38. The molecule has 3 heterocycles. The first kappa shape index (κ1) is 23.9. The summed E-state index contributed by atoms with van der Waals surface area (Å²) in [4.78, 5) is 12.6. The molecule has 3 aromatic rings. The van der Waals surface area contributed by atoms with E-state index >= 15 is 0 Å². The molecule has 0 spiro atoms. The summed E-state index contributed by atoms with van der Waals surface area (Å²) >= 11 is 1.84. The zero-order valence-electron chi connectivity index (χ0n) is 17.7. The van der Waals surface area contributed by atoms with E-state index < -0.39 is 12.1 Å². The number of nitrogens with zero attached hydrogens (tertiary/aromatic N) is 2. The molecule has 32 heavy (non-hydrogen) atoms. The summed E-state index contributed by atoms with van der Waals surface area (Å²) in [6, 6.07) is 12.7. The van der Waals surface area contributed by atoms with Crippen molar-refractivity contribution >= 4 is 17.7 Å². The van der Waals surface area contributed by atoms with Gasteiger partial charge >= 0.3 is 12.1 Å². The van der Waals surface area contributed by atoms with Gasteiger partial charge in [0.1, 0.15) is 11.5 Å². The van der Waals surface area contributed by atoms with Gasteiger partial charge < -0.3 is 9.52 Å². The number of thioether (sulfide) groups is 1. The van der Waals surface area contributed by atoms with Gasteiger partial charge in [0.2, 0.25) is 0 Å². The number of fused-ring (bicyclic) bond motifs is 1. The Kier molecular flexibility index (Phi) is 7.68. The first-order valence-electron chi connectivity index (χ1n) is 9.94. The minimum absolute atomic E-state index is 0.866. The summed E-state index contributed by atoms with van der Waals surface area (Å²) in [6.45, 7) is 6.98. The average Bonchev–Trinajstić information content (AvgIpc) is 3.29. The van der Waals surface area contributed by atoms with Crippen molar-refractivity contribution in [3.63, 3.8) is 0 Å². The molecule has 10 heteroatoms. The molecule has 1 aliphatic heterocycles. The molecule has 0 saturated carbocycles. The number of hydrogen-bond donors (Lipinski definition) is 2. The van der Waals surface area contributed by atoms with Gasteiger partial charge in [-0.1, -0.05) is 18.2 Å². The van der Waals surface area contributed by atoms with Crippen molar-refractivity contribution < 1.29 is 27.5 Å². The lowest BCUT2D eigenvalue weighted by Crippen LogP contribution is -2.30. The molecular formula is C22H24F3N3O3S. The summed E-state index contributed by atoms with van der Waals surface area (Å²) in [5, 5.41) is 14.9. The molecule has 1 aromatic carbocycles. The number of hydrogen-bond acceptors (Lipinski definition) is 5. The fourth-order valence-corrected chi connectivity index (χ4v) is 4.17. The van der Waals surface area contributed by atoms with Crippen LogP contribution in [0, 0.1) is 13.8 Å². The second kappa shape index (κ2) is 10.3. The van der Waals surface area contributed by atoms with Crippen LogP contribution in [0.5, 0.6) is 0 Å². The number of carbonyl (C=O) groups is 1. The molecule has 4 rings (SSSR count). The summed E-state index contributed by atoms with van der Waals surface area (Å²) in [7, 11) is 0. The second-order valence-electron chi connectivity index (χ2n) is 7.44. The standard InChI is InChI=1S/C20H23N3OS.C2HF3O2/c1-14-10-16(24-15(14)2)11-23-9-8-19-18(12-23)20(22-21-19)13-25-17-6-4-3-5-7-17;3-2(4,5)1(6)7/h3-7,10H,8-9,11-13H2,1-2H3,(H,21,22);(H,6,7). The number of carboxylic acid groups (broad SMARTS) is 1. The van der Waals surface area contributed by atoms with Crippen LogP contribution in [0.4, 0.5) is 13.2 Å². The number of H-pyrrole nitrogens is 1. The Balaban J connectivity index is 0.000000360. The Bertz CT molecular complexity index is 1030. The average molecular weight is 468 g/mol. The summed E-state index contributed by atoms with van der Waals surface area (Å²) < 4.78 is 37.6. The van der Waals surface area contributed by atoms with Crippen molar-refractivity contribution in [1.82, 2.24) is 15.1 Å². The first-order valence-corrected chi connectivity index (χ1v) is 10.9. The van der Waals surface area contributed by atoms with Gasteiger partial charge in [-0.15, -0.1) is 11.8 Å². The fraction of sp³-hybridized carbons (Fsp3) is 0.364. The molecule has 0 fully saturated rings. The van der Waals surface area contributed by atoms with Crippen LogP contribution < -0.4 is 0 Å². The zero-order chi connectivity index (χ0) is 23.3. The molecule has 0 radical (unpaired) electrons. The van der Waals surface area contributed by atoms with Crippen LogP contribution in [0.2, 0.25) is 0 Å². The molecule has 6 nitrogen and oxygen atoms in total. The number of nitrogens with one attached hydrogen (secondary N) is 1. The molecule has 0 saturated heterocycles. The van der Waals surface area contributed by atoms with Crippen molar-refractivity contribution in [2.75, 3.05) is 6.54 Å². The fourth-order valence-electron chi connectivity index (χ4n) is 3.28.